The van der Waals surface area contributed by atoms with Gasteiger partial charge in [0.2, 0.25) is 10.0 Å². The lowest BCUT2D eigenvalue weighted by molar-refractivity contribution is 0.143. The molecule has 0 saturated heterocycles. The van der Waals surface area contributed by atoms with E-state index in [2.05, 4.69) is 0 Å². The van der Waals surface area contributed by atoms with Gasteiger partial charge in [-0.15, -0.1) is 0 Å². The molecule has 1 atom stereocenters. The highest BCUT2D eigenvalue weighted by atomic mass is 32.2. The standard InChI is InChI=1S/C7H17NO3S/c1-3-11-6-4-5-7(2)12(8,9)10/h7H,3-6H2,1-2H3,(H2,8,9,10). The zero-order valence-electron chi connectivity index (χ0n) is 7.62. The molecule has 5 heteroatoms. The Morgan fingerprint density at radius 3 is 2.50 bits per heavy atom. The molecule has 0 saturated carbocycles. The van der Waals surface area contributed by atoms with E-state index in [1.165, 1.54) is 0 Å². The summed E-state index contributed by atoms with van der Waals surface area (Å²) >= 11 is 0. The fourth-order valence-electron chi connectivity index (χ4n) is 0.781. The Hall–Kier alpha value is -0.130. The van der Waals surface area contributed by atoms with Crippen LogP contribution in [0.5, 0.6) is 0 Å². The van der Waals surface area contributed by atoms with Crippen molar-refractivity contribution in [3.63, 3.8) is 0 Å². The van der Waals surface area contributed by atoms with Gasteiger partial charge in [-0.1, -0.05) is 0 Å². The summed E-state index contributed by atoms with van der Waals surface area (Å²) in [5, 5.41) is 4.46. The van der Waals surface area contributed by atoms with Crippen molar-refractivity contribution in [2.75, 3.05) is 13.2 Å². The zero-order valence-corrected chi connectivity index (χ0v) is 8.43. The Kier molecular flexibility index (Phi) is 5.44. The van der Waals surface area contributed by atoms with Crippen molar-refractivity contribution < 1.29 is 13.2 Å². The molecule has 0 amide bonds. The Labute approximate surface area is 74.1 Å². The molecular formula is C7H17NO3S. The van der Waals surface area contributed by atoms with Gasteiger partial charge < -0.3 is 4.74 Å². The van der Waals surface area contributed by atoms with Crippen molar-refractivity contribution in [2.45, 2.75) is 31.9 Å². The van der Waals surface area contributed by atoms with Gasteiger partial charge in [-0.05, 0) is 26.7 Å². The molecule has 0 rings (SSSR count). The predicted molar refractivity (Wildman–Crippen MR) is 48.3 cm³/mol. The minimum absolute atomic E-state index is 0.460. The van der Waals surface area contributed by atoms with Gasteiger partial charge in [-0.25, -0.2) is 13.6 Å². The minimum Gasteiger partial charge on any atom is -0.382 e. The third-order valence-corrected chi connectivity index (χ3v) is 3.02. The second kappa shape index (κ2) is 5.50. The van der Waals surface area contributed by atoms with Crippen molar-refractivity contribution >= 4 is 10.0 Å². The van der Waals surface area contributed by atoms with Gasteiger partial charge >= 0.3 is 0 Å². The molecule has 2 N–H and O–H groups in total. The van der Waals surface area contributed by atoms with E-state index < -0.39 is 15.3 Å². The van der Waals surface area contributed by atoms with E-state index in [9.17, 15) is 8.42 Å². The van der Waals surface area contributed by atoms with Crippen LogP contribution in [0.25, 0.3) is 0 Å². The van der Waals surface area contributed by atoms with Crippen LogP contribution in [0.4, 0.5) is 0 Å². The van der Waals surface area contributed by atoms with E-state index in [4.69, 9.17) is 9.88 Å². The average molecular weight is 195 g/mol. The van der Waals surface area contributed by atoms with Gasteiger partial charge in [-0.3, -0.25) is 0 Å². The SMILES string of the molecule is CCOCCCC(C)S(N)(=O)=O. The third kappa shape index (κ3) is 5.51. The van der Waals surface area contributed by atoms with Crippen LogP contribution < -0.4 is 5.14 Å². The molecular weight excluding hydrogens is 178 g/mol. The maximum absolute atomic E-state index is 10.7. The second-order valence-corrected chi connectivity index (χ2v) is 4.72. The van der Waals surface area contributed by atoms with E-state index in [1.807, 2.05) is 6.92 Å². The van der Waals surface area contributed by atoms with E-state index in [1.54, 1.807) is 6.92 Å². The first kappa shape index (κ1) is 11.9. The maximum atomic E-state index is 10.7. The normalized spacial score (nSPS) is 14.6. The van der Waals surface area contributed by atoms with Crippen LogP contribution in [0.15, 0.2) is 0 Å². The first-order valence-corrected chi connectivity index (χ1v) is 5.68. The summed E-state index contributed by atoms with van der Waals surface area (Å²) in [6.45, 7) is 4.80. The van der Waals surface area contributed by atoms with Crippen LogP contribution in [0, 0.1) is 0 Å². The monoisotopic (exact) mass is 195 g/mol. The molecule has 0 spiro atoms. The predicted octanol–water partition coefficient (Wildman–Crippen LogP) is 0.480. The first-order valence-electron chi connectivity index (χ1n) is 4.07. The molecule has 74 valence electrons. The molecule has 1 unspecified atom stereocenters. The van der Waals surface area contributed by atoms with Crippen LogP contribution in [0.1, 0.15) is 26.7 Å². The Balaban J connectivity index is 3.52. The second-order valence-electron chi connectivity index (χ2n) is 2.74. The summed E-state index contributed by atoms with van der Waals surface area (Å²) in [7, 11) is -3.35. The van der Waals surface area contributed by atoms with E-state index >= 15 is 0 Å². The van der Waals surface area contributed by atoms with E-state index in [0.717, 1.165) is 6.42 Å². The van der Waals surface area contributed by atoms with Crippen molar-refractivity contribution in [1.29, 1.82) is 0 Å². The van der Waals surface area contributed by atoms with Gasteiger partial charge in [0.1, 0.15) is 0 Å². The van der Waals surface area contributed by atoms with Crippen molar-refractivity contribution in [3.05, 3.63) is 0 Å². The average Bonchev–Trinajstić information content (AvgIpc) is 1.96. The lowest BCUT2D eigenvalue weighted by Gasteiger charge is -2.07. The molecule has 0 aromatic heterocycles. The molecule has 0 aliphatic carbocycles. The Bertz CT molecular complexity index is 201. The zero-order chi connectivity index (χ0) is 9.61. The highest BCUT2D eigenvalue weighted by Crippen LogP contribution is 2.03. The number of hydrogen-bond acceptors (Lipinski definition) is 3. The smallest absolute Gasteiger partial charge is 0.211 e. The Morgan fingerprint density at radius 1 is 1.50 bits per heavy atom. The summed E-state index contributed by atoms with van der Waals surface area (Å²) in [6, 6.07) is 0. The highest BCUT2D eigenvalue weighted by Gasteiger charge is 2.14. The third-order valence-electron chi connectivity index (χ3n) is 1.66. The molecule has 0 aliphatic rings. The fourth-order valence-corrected chi connectivity index (χ4v) is 1.28. The molecule has 0 bridgehead atoms. The van der Waals surface area contributed by atoms with Crippen molar-refractivity contribution in [3.8, 4) is 0 Å². The van der Waals surface area contributed by atoms with E-state index in [0.29, 0.717) is 19.6 Å². The van der Waals surface area contributed by atoms with Gasteiger partial charge in [0.15, 0.2) is 0 Å². The van der Waals surface area contributed by atoms with Gasteiger partial charge in [-0.2, -0.15) is 0 Å². The van der Waals surface area contributed by atoms with Gasteiger partial charge in [0, 0.05) is 13.2 Å². The van der Waals surface area contributed by atoms with Crippen LogP contribution in [0.2, 0.25) is 0 Å². The first-order chi connectivity index (χ1) is 5.48. The number of nitrogens with two attached hydrogens (primary N) is 1. The van der Waals surface area contributed by atoms with Crippen LogP contribution in [-0.2, 0) is 14.8 Å². The largest absolute Gasteiger partial charge is 0.382 e. The molecule has 0 fully saturated rings. The number of rotatable bonds is 6. The highest BCUT2D eigenvalue weighted by molar-refractivity contribution is 7.89. The molecule has 4 nitrogen and oxygen atoms in total. The van der Waals surface area contributed by atoms with Crippen molar-refractivity contribution in [1.82, 2.24) is 0 Å². The molecule has 0 aromatic rings. The summed E-state index contributed by atoms with van der Waals surface area (Å²) < 4.78 is 26.5. The van der Waals surface area contributed by atoms with Crippen LogP contribution in [-0.4, -0.2) is 26.9 Å². The summed E-state index contributed by atoms with van der Waals surface area (Å²) in [4.78, 5) is 0. The van der Waals surface area contributed by atoms with Crippen LogP contribution >= 0.6 is 0 Å². The maximum Gasteiger partial charge on any atom is 0.211 e. The molecule has 0 radical (unpaired) electrons. The quantitative estimate of drug-likeness (QED) is 0.627. The van der Waals surface area contributed by atoms with Gasteiger partial charge in [0.25, 0.3) is 0 Å². The minimum atomic E-state index is -3.35. The molecule has 0 aliphatic heterocycles. The molecule has 0 heterocycles. The summed E-state index contributed by atoms with van der Waals surface area (Å²) in [5.41, 5.74) is 0. The van der Waals surface area contributed by atoms with Crippen LogP contribution in [0.3, 0.4) is 0 Å². The number of ether oxygens (including phenoxy) is 1. The molecule has 0 aromatic carbocycles. The summed E-state index contributed by atoms with van der Waals surface area (Å²) in [6.07, 6.45) is 1.31. The van der Waals surface area contributed by atoms with Gasteiger partial charge in [0.05, 0.1) is 5.25 Å². The lowest BCUT2D eigenvalue weighted by Crippen LogP contribution is -2.25. The van der Waals surface area contributed by atoms with E-state index in [-0.39, 0.29) is 0 Å². The molecule has 12 heavy (non-hydrogen) atoms. The number of sulfonamides is 1. The summed E-state index contributed by atoms with van der Waals surface area (Å²) in [5.74, 6) is 0. The lowest BCUT2D eigenvalue weighted by atomic mass is 10.2. The fraction of sp³-hybridized carbons (Fsp3) is 1.00. The topological polar surface area (TPSA) is 69.4 Å². The number of hydrogen-bond donors (Lipinski definition) is 1. The Morgan fingerprint density at radius 2 is 2.08 bits per heavy atom. The number of primary sulfonamides is 1. The van der Waals surface area contributed by atoms with Crippen molar-refractivity contribution in [2.24, 2.45) is 5.14 Å².